The molecule has 29 heavy (non-hydrogen) atoms. The van der Waals surface area contributed by atoms with E-state index < -0.39 is 9.84 Å². The van der Waals surface area contributed by atoms with Crippen LogP contribution < -0.4 is 0 Å². The molecule has 0 fully saturated rings. The molecule has 0 saturated heterocycles. The predicted octanol–water partition coefficient (Wildman–Crippen LogP) is 4.55. The zero-order valence-electron chi connectivity index (χ0n) is 15.9. The number of aromatic nitrogens is 2. The first kappa shape index (κ1) is 18.8. The molecule has 0 aliphatic carbocycles. The van der Waals surface area contributed by atoms with E-state index in [1.807, 2.05) is 36.4 Å². The Morgan fingerprint density at radius 2 is 1.66 bits per heavy atom. The van der Waals surface area contributed by atoms with E-state index in [4.69, 9.17) is 0 Å². The van der Waals surface area contributed by atoms with Gasteiger partial charge in [-0.1, -0.05) is 48.5 Å². The highest BCUT2D eigenvalue weighted by Crippen LogP contribution is 2.33. The van der Waals surface area contributed by atoms with Gasteiger partial charge >= 0.3 is 0 Å². The third kappa shape index (κ3) is 3.48. The minimum atomic E-state index is -3.53. The van der Waals surface area contributed by atoms with Gasteiger partial charge in [0.05, 0.1) is 27.4 Å². The lowest BCUT2D eigenvalue weighted by Crippen LogP contribution is -2.04. The SMILES string of the molecule is Cc1nc2cccc(C#N)c2nc1-c1ccc(-c2ccccc2)cc1S(C)(=O)=O. The molecule has 1 aromatic heterocycles. The van der Waals surface area contributed by atoms with Gasteiger partial charge in [0.15, 0.2) is 9.84 Å². The number of aryl methyl sites for hydroxylation is 1. The van der Waals surface area contributed by atoms with Gasteiger partial charge in [0.2, 0.25) is 0 Å². The summed E-state index contributed by atoms with van der Waals surface area (Å²) in [7, 11) is -3.53. The van der Waals surface area contributed by atoms with Crippen LogP contribution in [0.25, 0.3) is 33.4 Å². The molecule has 4 aromatic rings. The van der Waals surface area contributed by atoms with Crippen LogP contribution >= 0.6 is 0 Å². The monoisotopic (exact) mass is 399 g/mol. The van der Waals surface area contributed by atoms with Gasteiger partial charge in [-0.25, -0.2) is 18.4 Å². The number of hydrogen-bond acceptors (Lipinski definition) is 5. The highest BCUT2D eigenvalue weighted by Gasteiger charge is 2.20. The Morgan fingerprint density at radius 3 is 2.34 bits per heavy atom. The van der Waals surface area contributed by atoms with Crippen molar-refractivity contribution in [2.75, 3.05) is 6.26 Å². The Morgan fingerprint density at radius 1 is 0.897 bits per heavy atom. The maximum Gasteiger partial charge on any atom is 0.176 e. The minimum absolute atomic E-state index is 0.185. The average molecular weight is 399 g/mol. The van der Waals surface area contributed by atoms with Gasteiger partial charge in [0.1, 0.15) is 11.6 Å². The standard InChI is InChI=1S/C23H17N3O2S/c1-15-22(26-23-18(14-24)9-6-10-20(23)25-15)19-12-11-17(13-21(19)29(2,27)28)16-7-4-3-5-8-16/h3-13H,1-2H3. The zero-order valence-corrected chi connectivity index (χ0v) is 16.7. The fourth-order valence-corrected chi connectivity index (χ4v) is 4.25. The predicted molar refractivity (Wildman–Crippen MR) is 113 cm³/mol. The van der Waals surface area contributed by atoms with E-state index in [0.717, 1.165) is 11.1 Å². The summed E-state index contributed by atoms with van der Waals surface area (Å²) in [5.41, 5.74) is 4.74. The molecule has 0 N–H and O–H groups in total. The number of nitrogens with zero attached hydrogens (tertiary/aromatic N) is 3. The third-order valence-corrected chi connectivity index (χ3v) is 5.87. The lowest BCUT2D eigenvalue weighted by Gasteiger charge is -2.13. The van der Waals surface area contributed by atoms with Crippen molar-refractivity contribution in [3.05, 3.63) is 78.0 Å². The van der Waals surface area contributed by atoms with Crippen LogP contribution in [0.4, 0.5) is 0 Å². The van der Waals surface area contributed by atoms with Crippen molar-refractivity contribution in [3.8, 4) is 28.5 Å². The third-order valence-electron chi connectivity index (χ3n) is 4.73. The van der Waals surface area contributed by atoms with Crippen molar-refractivity contribution in [2.24, 2.45) is 0 Å². The fourth-order valence-electron chi connectivity index (χ4n) is 3.35. The smallest absolute Gasteiger partial charge is 0.176 e. The summed E-state index contributed by atoms with van der Waals surface area (Å²) in [6, 6.07) is 22.2. The summed E-state index contributed by atoms with van der Waals surface area (Å²) < 4.78 is 25.2. The number of fused-ring (bicyclic) bond motifs is 1. The number of hydrogen-bond donors (Lipinski definition) is 0. The first-order valence-electron chi connectivity index (χ1n) is 8.96. The van der Waals surface area contributed by atoms with Gasteiger partial charge in [0.25, 0.3) is 0 Å². The molecule has 0 spiro atoms. The van der Waals surface area contributed by atoms with E-state index in [1.165, 1.54) is 6.26 Å². The molecule has 5 nitrogen and oxygen atoms in total. The largest absolute Gasteiger partial charge is 0.249 e. The minimum Gasteiger partial charge on any atom is -0.249 e. The molecule has 0 bridgehead atoms. The number of benzene rings is 3. The van der Waals surface area contributed by atoms with E-state index in [9.17, 15) is 13.7 Å². The molecule has 0 atom stereocenters. The highest BCUT2D eigenvalue weighted by molar-refractivity contribution is 7.90. The van der Waals surface area contributed by atoms with Crippen molar-refractivity contribution in [2.45, 2.75) is 11.8 Å². The Labute approximate surface area is 169 Å². The number of nitriles is 1. The van der Waals surface area contributed by atoms with Crippen LogP contribution in [0, 0.1) is 18.3 Å². The van der Waals surface area contributed by atoms with E-state index in [0.29, 0.717) is 33.5 Å². The van der Waals surface area contributed by atoms with Crippen molar-refractivity contribution < 1.29 is 8.42 Å². The number of sulfone groups is 1. The Kier molecular flexibility index (Phi) is 4.61. The molecule has 0 unspecified atom stereocenters. The Bertz CT molecular complexity index is 1390. The van der Waals surface area contributed by atoms with Crippen LogP contribution in [0.5, 0.6) is 0 Å². The quantitative estimate of drug-likeness (QED) is 0.505. The second-order valence-corrected chi connectivity index (χ2v) is 8.78. The molecular formula is C23H17N3O2S. The van der Waals surface area contributed by atoms with Crippen LogP contribution in [-0.4, -0.2) is 24.6 Å². The summed E-state index contributed by atoms with van der Waals surface area (Å²) in [6.45, 7) is 1.79. The van der Waals surface area contributed by atoms with E-state index in [-0.39, 0.29) is 4.90 Å². The maximum absolute atomic E-state index is 12.6. The lowest BCUT2D eigenvalue weighted by atomic mass is 10.0. The number of rotatable bonds is 3. The summed E-state index contributed by atoms with van der Waals surface area (Å²) in [6.07, 6.45) is 1.19. The van der Waals surface area contributed by atoms with Crippen molar-refractivity contribution >= 4 is 20.9 Å². The van der Waals surface area contributed by atoms with Gasteiger partial charge in [-0.15, -0.1) is 0 Å². The first-order valence-corrected chi connectivity index (χ1v) is 10.8. The van der Waals surface area contributed by atoms with Crippen molar-refractivity contribution in [3.63, 3.8) is 0 Å². The summed E-state index contributed by atoms with van der Waals surface area (Å²) >= 11 is 0. The molecule has 0 amide bonds. The number of para-hydroxylation sites is 1. The van der Waals surface area contributed by atoms with Gasteiger partial charge in [-0.2, -0.15) is 5.26 Å². The molecule has 4 rings (SSSR count). The van der Waals surface area contributed by atoms with E-state index >= 15 is 0 Å². The maximum atomic E-state index is 12.6. The van der Waals surface area contributed by atoms with Crippen molar-refractivity contribution in [1.82, 2.24) is 9.97 Å². The summed E-state index contributed by atoms with van der Waals surface area (Å²) in [5.74, 6) is 0. The summed E-state index contributed by atoms with van der Waals surface area (Å²) in [5, 5.41) is 9.40. The van der Waals surface area contributed by atoms with Gasteiger partial charge in [-0.05, 0) is 36.2 Å². The normalized spacial score (nSPS) is 11.3. The van der Waals surface area contributed by atoms with Gasteiger partial charge < -0.3 is 0 Å². The molecule has 3 aromatic carbocycles. The van der Waals surface area contributed by atoms with Crippen LogP contribution in [0.1, 0.15) is 11.3 Å². The molecule has 0 radical (unpaired) electrons. The second-order valence-electron chi connectivity index (χ2n) is 6.79. The second kappa shape index (κ2) is 7.12. The molecule has 0 aliphatic rings. The van der Waals surface area contributed by atoms with Gasteiger partial charge in [0, 0.05) is 11.8 Å². The average Bonchev–Trinajstić information content (AvgIpc) is 2.72. The van der Waals surface area contributed by atoms with Crippen LogP contribution in [0.15, 0.2) is 71.6 Å². The molecule has 142 valence electrons. The van der Waals surface area contributed by atoms with E-state index in [1.54, 1.807) is 37.3 Å². The Hall–Kier alpha value is -3.56. The zero-order chi connectivity index (χ0) is 20.6. The van der Waals surface area contributed by atoms with E-state index in [2.05, 4.69) is 16.0 Å². The summed E-state index contributed by atoms with van der Waals surface area (Å²) in [4.78, 5) is 9.38. The van der Waals surface area contributed by atoms with Crippen molar-refractivity contribution in [1.29, 1.82) is 5.26 Å². The molecule has 6 heteroatoms. The molecule has 0 aliphatic heterocycles. The fraction of sp³-hybridized carbons (Fsp3) is 0.0870. The lowest BCUT2D eigenvalue weighted by molar-refractivity contribution is 0.602. The Balaban J connectivity index is 2.00. The molecule has 1 heterocycles. The molecular weight excluding hydrogens is 382 g/mol. The topological polar surface area (TPSA) is 83.7 Å². The first-order chi connectivity index (χ1) is 13.9. The van der Waals surface area contributed by atoms with Gasteiger partial charge in [-0.3, -0.25) is 0 Å². The van der Waals surface area contributed by atoms with Crippen LogP contribution in [0.2, 0.25) is 0 Å². The molecule has 0 saturated carbocycles. The van der Waals surface area contributed by atoms with Crippen LogP contribution in [0.3, 0.4) is 0 Å². The highest BCUT2D eigenvalue weighted by atomic mass is 32.2. The van der Waals surface area contributed by atoms with Crippen LogP contribution in [-0.2, 0) is 9.84 Å².